The number of hydrogen-bond donors (Lipinski definition) is 0. The number of carbonyl (C=O) groups excluding carboxylic acids is 1. The quantitative estimate of drug-likeness (QED) is 0.613. The Morgan fingerprint density at radius 3 is 2.82 bits per heavy atom. The summed E-state index contributed by atoms with van der Waals surface area (Å²) in [4.78, 5) is 21.4. The molecule has 28 heavy (non-hydrogen) atoms. The molecule has 4 rings (SSSR count). The number of halogens is 1. The van der Waals surface area contributed by atoms with Gasteiger partial charge in [0.2, 0.25) is 5.91 Å². The van der Waals surface area contributed by atoms with Gasteiger partial charge < -0.3 is 4.90 Å². The van der Waals surface area contributed by atoms with Crippen LogP contribution in [0.5, 0.6) is 0 Å². The Hall–Kier alpha value is -2.18. The number of imidazole rings is 1. The van der Waals surface area contributed by atoms with Crippen molar-refractivity contribution in [3.05, 3.63) is 58.8 Å². The van der Waals surface area contributed by atoms with Gasteiger partial charge >= 0.3 is 0 Å². The second-order valence-corrected chi connectivity index (χ2v) is 8.55. The number of amides is 1. The molecule has 0 saturated carbocycles. The van der Waals surface area contributed by atoms with Gasteiger partial charge in [0.05, 0.1) is 23.5 Å². The fourth-order valence-corrected chi connectivity index (χ4v) is 4.44. The van der Waals surface area contributed by atoms with E-state index in [0.29, 0.717) is 0 Å². The Bertz CT molecular complexity index is 997. The first-order valence-corrected chi connectivity index (χ1v) is 10.5. The topological polar surface area (TPSA) is 41.4 Å². The number of fused-ring (bicyclic) bond motifs is 1. The maximum absolute atomic E-state index is 12.4. The lowest BCUT2D eigenvalue weighted by Crippen LogP contribution is -2.42. The minimum absolute atomic E-state index is 0.0763. The van der Waals surface area contributed by atoms with Gasteiger partial charge in [0, 0.05) is 30.8 Å². The summed E-state index contributed by atoms with van der Waals surface area (Å²) < 4.78 is 3.28. The van der Waals surface area contributed by atoms with Crippen LogP contribution < -0.4 is 0 Å². The van der Waals surface area contributed by atoms with Gasteiger partial charge in [0.1, 0.15) is 5.82 Å². The van der Waals surface area contributed by atoms with Crippen LogP contribution in [0.3, 0.4) is 0 Å². The molecule has 1 aromatic heterocycles. The van der Waals surface area contributed by atoms with Crippen LogP contribution in [0.25, 0.3) is 16.7 Å². The molecule has 0 spiro atoms. The van der Waals surface area contributed by atoms with Crippen molar-refractivity contribution in [2.24, 2.45) is 5.92 Å². The van der Waals surface area contributed by atoms with Crippen molar-refractivity contribution in [2.45, 2.75) is 19.4 Å². The molecule has 1 saturated heterocycles. The predicted molar refractivity (Wildman–Crippen MR) is 115 cm³/mol. The molecule has 3 aromatic rings. The summed E-state index contributed by atoms with van der Waals surface area (Å²) in [6.07, 6.45) is 2.01. The fourth-order valence-electron chi connectivity index (χ4n) is 4.05. The van der Waals surface area contributed by atoms with Crippen LogP contribution in [0.15, 0.2) is 53.0 Å². The van der Waals surface area contributed by atoms with Gasteiger partial charge in [0.25, 0.3) is 0 Å². The Labute approximate surface area is 174 Å². The van der Waals surface area contributed by atoms with Gasteiger partial charge in [-0.25, -0.2) is 4.98 Å². The lowest BCUT2D eigenvalue weighted by molar-refractivity contribution is -0.134. The molecule has 1 amide bonds. The maximum atomic E-state index is 12.4. The summed E-state index contributed by atoms with van der Waals surface area (Å²) in [7, 11) is 3.68. The number of aromatic nitrogens is 2. The van der Waals surface area contributed by atoms with Crippen molar-refractivity contribution in [1.29, 1.82) is 0 Å². The largest absolute Gasteiger partial charge is 0.349 e. The lowest BCUT2D eigenvalue weighted by Gasteiger charge is -2.33. The number of piperidine rings is 1. The number of rotatable bonds is 4. The number of hydrogen-bond acceptors (Lipinski definition) is 3. The van der Waals surface area contributed by atoms with E-state index >= 15 is 0 Å². The summed E-state index contributed by atoms with van der Waals surface area (Å²) in [5.41, 5.74) is 3.19. The number of benzene rings is 2. The summed E-state index contributed by atoms with van der Waals surface area (Å²) in [5, 5.41) is 0. The fraction of sp³-hybridized carbons (Fsp3) is 0.364. The molecule has 1 aliphatic heterocycles. The zero-order chi connectivity index (χ0) is 19.7. The third-order valence-corrected chi connectivity index (χ3v) is 5.85. The average molecular weight is 441 g/mol. The van der Waals surface area contributed by atoms with E-state index in [2.05, 4.69) is 55.7 Å². The molecule has 146 valence electrons. The molecular formula is C22H25BrN4O. The van der Waals surface area contributed by atoms with E-state index in [0.717, 1.165) is 59.5 Å². The average Bonchev–Trinajstić information content (AvgIpc) is 3.05. The Morgan fingerprint density at radius 2 is 2.04 bits per heavy atom. The minimum atomic E-state index is 0.0763. The van der Waals surface area contributed by atoms with E-state index in [1.165, 1.54) is 0 Å². The molecule has 2 aromatic carbocycles. The van der Waals surface area contributed by atoms with Gasteiger partial charge in [-0.2, -0.15) is 0 Å². The van der Waals surface area contributed by atoms with Gasteiger partial charge in [0.15, 0.2) is 0 Å². The van der Waals surface area contributed by atoms with Crippen LogP contribution in [0, 0.1) is 5.92 Å². The molecule has 5 nitrogen and oxygen atoms in total. The molecule has 0 aliphatic carbocycles. The Balaban J connectivity index is 1.67. The van der Waals surface area contributed by atoms with E-state index in [4.69, 9.17) is 4.98 Å². The van der Waals surface area contributed by atoms with Crippen LogP contribution in [-0.4, -0.2) is 52.4 Å². The predicted octanol–water partition coefficient (Wildman–Crippen LogP) is 4.09. The highest BCUT2D eigenvalue weighted by Gasteiger charge is 2.28. The van der Waals surface area contributed by atoms with Crippen LogP contribution in [0.2, 0.25) is 0 Å². The molecule has 1 aliphatic rings. The van der Waals surface area contributed by atoms with Crippen LogP contribution in [0.1, 0.15) is 18.7 Å². The first-order chi connectivity index (χ1) is 13.5. The molecule has 1 fully saturated rings. The van der Waals surface area contributed by atoms with E-state index in [1.54, 1.807) is 4.90 Å². The molecule has 1 atom stereocenters. The summed E-state index contributed by atoms with van der Waals surface area (Å²) in [6, 6.07) is 16.5. The monoisotopic (exact) mass is 440 g/mol. The Kier molecular flexibility index (Phi) is 5.51. The molecular weight excluding hydrogens is 416 g/mol. The first kappa shape index (κ1) is 19.2. The minimum Gasteiger partial charge on any atom is -0.349 e. The molecule has 0 radical (unpaired) electrons. The third kappa shape index (κ3) is 3.84. The summed E-state index contributed by atoms with van der Waals surface area (Å²) >= 11 is 3.59. The van der Waals surface area contributed by atoms with Crippen molar-refractivity contribution in [3.8, 4) is 5.69 Å². The smallest absolute Gasteiger partial charge is 0.226 e. The van der Waals surface area contributed by atoms with Crippen molar-refractivity contribution < 1.29 is 4.79 Å². The molecule has 2 heterocycles. The third-order valence-electron chi connectivity index (χ3n) is 5.36. The van der Waals surface area contributed by atoms with Crippen molar-refractivity contribution in [1.82, 2.24) is 19.4 Å². The van der Waals surface area contributed by atoms with Crippen molar-refractivity contribution in [3.63, 3.8) is 0 Å². The van der Waals surface area contributed by atoms with Crippen LogP contribution >= 0.6 is 15.9 Å². The van der Waals surface area contributed by atoms with E-state index in [1.807, 2.05) is 32.3 Å². The highest BCUT2D eigenvalue weighted by Crippen LogP contribution is 2.26. The summed E-state index contributed by atoms with van der Waals surface area (Å²) in [5.74, 6) is 1.31. The van der Waals surface area contributed by atoms with Gasteiger partial charge in [-0.1, -0.05) is 34.1 Å². The zero-order valence-electron chi connectivity index (χ0n) is 16.3. The summed E-state index contributed by atoms with van der Waals surface area (Å²) in [6.45, 7) is 2.52. The van der Waals surface area contributed by atoms with Gasteiger partial charge in [-0.15, -0.1) is 0 Å². The molecule has 0 unspecified atom stereocenters. The van der Waals surface area contributed by atoms with Gasteiger partial charge in [-0.05, 0) is 49.7 Å². The van der Waals surface area contributed by atoms with E-state index in [9.17, 15) is 4.79 Å². The highest BCUT2D eigenvalue weighted by molar-refractivity contribution is 9.10. The van der Waals surface area contributed by atoms with Crippen LogP contribution in [0.4, 0.5) is 0 Å². The van der Waals surface area contributed by atoms with Crippen molar-refractivity contribution in [2.75, 3.05) is 27.2 Å². The van der Waals surface area contributed by atoms with Gasteiger partial charge in [-0.3, -0.25) is 14.3 Å². The molecule has 0 bridgehead atoms. The normalized spacial score (nSPS) is 17.8. The zero-order valence-corrected chi connectivity index (χ0v) is 17.9. The second-order valence-electron chi connectivity index (χ2n) is 7.64. The number of para-hydroxylation sites is 2. The number of nitrogens with zero attached hydrogens (tertiary/aromatic N) is 4. The SMILES string of the molecule is CN(C)C(=O)[C@H]1CCCN(Cc2nc3ccccc3n2-c2cccc(Br)c2)C1. The van der Waals surface area contributed by atoms with E-state index in [-0.39, 0.29) is 11.8 Å². The lowest BCUT2D eigenvalue weighted by atomic mass is 9.97. The standard InChI is InChI=1S/C22H25BrN4O/c1-25(2)22(28)16-7-6-12-26(14-16)15-21-24-19-10-3-4-11-20(19)27(21)18-9-5-8-17(23)13-18/h3-5,8-11,13,16H,6-7,12,14-15H2,1-2H3/t16-/m0/s1. The maximum Gasteiger partial charge on any atom is 0.226 e. The number of likely N-dealkylation sites (tertiary alicyclic amines) is 1. The second kappa shape index (κ2) is 8.05. The first-order valence-electron chi connectivity index (χ1n) is 9.69. The Morgan fingerprint density at radius 1 is 1.21 bits per heavy atom. The molecule has 0 N–H and O–H groups in total. The number of carbonyl (C=O) groups is 1. The molecule has 6 heteroatoms. The highest BCUT2D eigenvalue weighted by atomic mass is 79.9. The van der Waals surface area contributed by atoms with Crippen molar-refractivity contribution >= 4 is 32.9 Å². The van der Waals surface area contributed by atoms with E-state index < -0.39 is 0 Å². The van der Waals surface area contributed by atoms with Crippen LogP contribution in [-0.2, 0) is 11.3 Å².